The smallest absolute Gasteiger partial charge is 0.243 e. The summed E-state index contributed by atoms with van der Waals surface area (Å²) in [5.41, 5.74) is 1.92. The molecule has 0 unspecified atom stereocenters. The zero-order valence-corrected chi connectivity index (χ0v) is 16.1. The number of aromatic nitrogens is 1. The lowest BCUT2D eigenvalue weighted by atomic mass is 9.92. The third-order valence-electron chi connectivity index (χ3n) is 4.76. The van der Waals surface area contributed by atoms with E-state index < -0.39 is 5.25 Å². The number of pyridine rings is 1. The number of Topliss-reactive ketones (excluding diaryl/α,β-unsaturated/α-hetero) is 1. The van der Waals surface area contributed by atoms with Gasteiger partial charge in [0, 0.05) is 23.6 Å². The van der Waals surface area contributed by atoms with E-state index in [0.717, 1.165) is 5.56 Å². The maximum atomic E-state index is 13.3. The number of phenols is 1. The first-order valence-electron chi connectivity index (χ1n) is 8.97. The number of thioether (sulfide) groups is 1. The van der Waals surface area contributed by atoms with Crippen molar-refractivity contribution in [3.8, 4) is 5.75 Å². The van der Waals surface area contributed by atoms with Crippen molar-refractivity contribution in [3.05, 3.63) is 90.0 Å². The number of carbonyl (C=O) groups is 2. The number of hydrogen-bond acceptors (Lipinski definition) is 5. The molecule has 1 aliphatic heterocycles. The molecule has 0 bridgehead atoms. The van der Waals surface area contributed by atoms with Gasteiger partial charge in [0.15, 0.2) is 5.78 Å². The first kappa shape index (κ1) is 19.1. The lowest BCUT2D eigenvalue weighted by Gasteiger charge is -2.47. The fraction of sp³-hybridized carbons (Fsp3) is 0.136. The molecule has 3 aromatic rings. The molecule has 4 rings (SSSR count). The Kier molecular flexibility index (Phi) is 5.31. The number of hydrogen-bond donors (Lipinski definition) is 1. The zero-order chi connectivity index (χ0) is 20.4. The van der Waals surface area contributed by atoms with Crippen LogP contribution in [0.4, 0.5) is 10.1 Å². The molecule has 0 radical (unpaired) electrons. The molecule has 7 heteroatoms. The van der Waals surface area contributed by atoms with Crippen molar-refractivity contribution in [2.24, 2.45) is 0 Å². The summed E-state index contributed by atoms with van der Waals surface area (Å²) < 4.78 is 13.3. The van der Waals surface area contributed by atoms with Gasteiger partial charge >= 0.3 is 0 Å². The molecule has 1 fully saturated rings. The third-order valence-corrected chi connectivity index (χ3v) is 6.01. The third kappa shape index (κ3) is 3.86. The number of benzene rings is 2. The summed E-state index contributed by atoms with van der Waals surface area (Å²) in [5, 5.41) is 9.13. The molecule has 0 saturated carbocycles. The van der Waals surface area contributed by atoms with Crippen LogP contribution in [0.15, 0.2) is 73.1 Å². The Labute approximate surface area is 171 Å². The van der Waals surface area contributed by atoms with Crippen molar-refractivity contribution >= 4 is 29.1 Å². The van der Waals surface area contributed by atoms with Gasteiger partial charge in [0.1, 0.15) is 16.8 Å². The SMILES string of the molecule is O=C(CS[C@H]1C(=O)N(c2ccc(F)cc2)[C@@H]1c1ccc(O)cc1)c1cccnc1. The van der Waals surface area contributed by atoms with E-state index in [-0.39, 0.29) is 35.1 Å². The van der Waals surface area contributed by atoms with Crippen LogP contribution in [-0.2, 0) is 4.79 Å². The Bertz CT molecular complexity index is 1030. The molecule has 29 heavy (non-hydrogen) atoms. The van der Waals surface area contributed by atoms with E-state index in [2.05, 4.69) is 4.98 Å². The van der Waals surface area contributed by atoms with Gasteiger partial charge in [0.25, 0.3) is 0 Å². The van der Waals surface area contributed by atoms with Gasteiger partial charge in [-0.25, -0.2) is 4.39 Å². The van der Waals surface area contributed by atoms with Gasteiger partial charge in [-0.15, -0.1) is 11.8 Å². The predicted molar refractivity (Wildman–Crippen MR) is 110 cm³/mol. The Morgan fingerprint density at radius 2 is 1.83 bits per heavy atom. The van der Waals surface area contributed by atoms with Crippen LogP contribution in [-0.4, -0.2) is 32.8 Å². The van der Waals surface area contributed by atoms with Gasteiger partial charge in [-0.3, -0.25) is 14.6 Å². The summed E-state index contributed by atoms with van der Waals surface area (Å²) in [6, 6.07) is 15.4. The van der Waals surface area contributed by atoms with Gasteiger partial charge in [0.05, 0.1) is 11.8 Å². The number of amides is 1. The number of ketones is 1. The highest BCUT2D eigenvalue weighted by atomic mass is 32.2. The molecule has 5 nitrogen and oxygen atoms in total. The van der Waals surface area contributed by atoms with Crippen molar-refractivity contribution in [1.82, 2.24) is 4.98 Å². The van der Waals surface area contributed by atoms with Crippen molar-refractivity contribution in [3.63, 3.8) is 0 Å². The highest BCUT2D eigenvalue weighted by molar-refractivity contribution is 8.01. The van der Waals surface area contributed by atoms with Crippen LogP contribution in [0.1, 0.15) is 22.0 Å². The van der Waals surface area contributed by atoms with E-state index in [4.69, 9.17) is 0 Å². The van der Waals surface area contributed by atoms with Gasteiger partial charge in [0.2, 0.25) is 5.91 Å². The van der Waals surface area contributed by atoms with Crippen molar-refractivity contribution < 1.29 is 19.1 Å². The molecule has 1 N–H and O–H groups in total. The van der Waals surface area contributed by atoms with Crippen LogP contribution in [0, 0.1) is 5.82 Å². The molecule has 0 aliphatic carbocycles. The minimum absolute atomic E-state index is 0.0967. The maximum Gasteiger partial charge on any atom is 0.243 e. The summed E-state index contributed by atoms with van der Waals surface area (Å²) in [6.07, 6.45) is 3.11. The lowest BCUT2D eigenvalue weighted by molar-refractivity contribution is -0.123. The average molecular weight is 408 g/mol. The second-order valence-electron chi connectivity index (χ2n) is 6.62. The molecule has 146 valence electrons. The topological polar surface area (TPSA) is 70.5 Å². The van der Waals surface area contributed by atoms with E-state index in [1.807, 2.05) is 0 Å². The van der Waals surface area contributed by atoms with Crippen LogP contribution in [0.5, 0.6) is 5.75 Å². The van der Waals surface area contributed by atoms with Crippen molar-refractivity contribution in [1.29, 1.82) is 0 Å². The Morgan fingerprint density at radius 1 is 1.10 bits per heavy atom. The van der Waals surface area contributed by atoms with E-state index in [0.29, 0.717) is 11.3 Å². The zero-order valence-electron chi connectivity index (χ0n) is 15.2. The van der Waals surface area contributed by atoms with Crippen LogP contribution < -0.4 is 4.90 Å². The highest BCUT2D eigenvalue weighted by Gasteiger charge is 2.49. The molecule has 1 aromatic heterocycles. The normalized spacial score (nSPS) is 18.4. The lowest BCUT2D eigenvalue weighted by Crippen LogP contribution is -2.57. The molecule has 2 aromatic carbocycles. The second kappa shape index (κ2) is 8.05. The Hall–Kier alpha value is -3.19. The van der Waals surface area contributed by atoms with Gasteiger partial charge in [-0.2, -0.15) is 0 Å². The number of nitrogens with zero attached hydrogens (tertiary/aromatic N) is 2. The largest absolute Gasteiger partial charge is 0.508 e. The van der Waals surface area contributed by atoms with Gasteiger partial charge < -0.3 is 10.0 Å². The number of carbonyl (C=O) groups excluding carboxylic acids is 2. The summed E-state index contributed by atoms with van der Waals surface area (Å²) >= 11 is 1.28. The van der Waals surface area contributed by atoms with Crippen LogP contribution >= 0.6 is 11.8 Å². The fourth-order valence-corrected chi connectivity index (χ4v) is 4.50. The summed E-state index contributed by atoms with van der Waals surface area (Å²) in [6.45, 7) is 0. The molecule has 2 atom stereocenters. The quantitative estimate of drug-likeness (QED) is 0.493. The molecule has 2 heterocycles. The van der Waals surface area contributed by atoms with E-state index in [9.17, 15) is 19.1 Å². The first-order valence-corrected chi connectivity index (χ1v) is 10.0. The van der Waals surface area contributed by atoms with E-state index in [1.165, 1.54) is 30.1 Å². The highest BCUT2D eigenvalue weighted by Crippen LogP contribution is 2.45. The number of halogens is 1. The summed E-state index contributed by atoms with van der Waals surface area (Å²) in [5.74, 6) is -0.340. The molecule has 1 aliphatic rings. The number of aromatic hydroxyl groups is 1. The molecular weight excluding hydrogens is 391 g/mol. The molecular formula is C22H17FN2O3S. The molecule has 1 amide bonds. The maximum absolute atomic E-state index is 13.3. The first-order chi connectivity index (χ1) is 14.0. The number of phenolic OH excluding ortho intramolecular Hbond substituents is 1. The average Bonchev–Trinajstić information content (AvgIpc) is 2.74. The van der Waals surface area contributed by atoms with Gasteiger partial charge in [-0.05, 0) is 54.1 Å². The van der Waals surface area contributed by atoms with Gasteiger partial charge in [-0.1, -0.05) is 12.1 Å². The van der Waals surface area contributed by atoms with Crippen LogP contribution in [0.3, 0.4) is 0 Å². The monoisotopic (exact) mass is 408 g/mol. The predicted octanol–water partition coefficient (Wildman–Crippen LogP) is 4.00. The fourth-order valence-electron chi connectivity index (χ4n) is 3.29. The van der Waals surface area contributed by atoms with Crippen molar-refractivity contribution in [2.45, 2.75) is 11.3 Å². The summed E-state index contributed by atoms with van der Waals surface area (Å²) in [7, 11) is 0. The second-order valence-corrected chi connectivity index (χ2v) is 7.75. The molecule has 1 saturated heterocycles. The Morgan fingerprint density at radius 3 is 2.48 bits per heavy atom. The van der Waals surface area contributed by atoms with E-state index in [1.54, 1.807) is 59.6 Å². The number of rotatable bonds is 6. The van der Waals surface area contributed by atoms with Crippen LogP contribution in [0.25, 0.3) is 0 Å². The number of anilines is 1. The van der Waals surface area contributed by atoms with Crippen molar-refractivity contribution in [2.75, 3.05) is 10.7 Å². The Balaban J connectivity index is 1.57. The van der Waals surface area contributed by atoms with E-state index >= 15 is 0 Å². The molecule has 0 spiro atoms. The number of β-lactam (4-membered cyclic amide) rings is 1. The minimum Gasteiger partial charge on any atom is -0.508 e. The van der Waals surface area contributed by atoms with Crippen LogP contribution in [0.2, 0.25) is 0 Å². The summed E-state index contributed by atoms with van der Waals surface area (Å²) in [4.78, 5) is 30.8. The standard InChI is InChI=1S/C22H17FN2O3S/c23-16-5-7-17(8-6-16)25-20(14-3-9-18(26)10-4-14)21(22(25)28)29-13-19(27)15-2-1-11-24-12-15/h1-12,20-21,26H,13H2/t20-,21-/m1/s1. The minimum atomic E-state index is -0.454.